The number of morpholine rings is 1. The van der Waals surface area contributed by atoms with Crippen molar-refractivity contribution < 1.29 is 29.0 Å². The number of anilines is 1. The number of non-ortho nitro benzene ring substituents is 2. The number of nitro benzene ring substituents is 2. The van der Waals surface area contributed by atoms with Gasteiger partial charge in [0.2, 0.25) is 0 Å². The summed E-state index contributed by atoms with van der Waals surface area (Å²) in [6, 6.07) is 9.14. The number of imide groups is 1. The Hall–Kier alpha value is -4.10. The van der Waals surface area contributed by atoms with Gasteiger partial charge >= 0.3 is 0 Å². The minimum Gasteiger partial charge on any atom is -0.378 e. The standard InChI is InChI=1S/C22H18N4O8S/c27-19(14-1-3-16(4-2-14)25(30)31)13-24-21(28)20(35-22(24)29)12-15-11-17(26(32)33)5-6-18(15)23-7-9-34-10-8-23/h1-6,11-12H,7-10,13H2/b20-12-. The Morgan fingerprint density at radius 2 is 1.63 bits per heavy atom. The van der Waals surface area contributed by atoms with Crippen LogP contribution < -0.4 is 4.90 Å². The molecule has 0 spiro atoms. The zero-order chi connectivity index (χ0) is 25.1. The molecule has 0 atom stereocenters. The van der Waals surface area contributed by atoms with Gasteiger partial charge in [-0.1, -0.05) is 0 Å². The van der Waals surface area contributed by atoms with Gasteiger partial charge in [0, 0.05) is 54.2 Å². The second-order valence-corrected chi connectivity index (χ2v) is 8.59. The van der Waals surface area contributed by atoms with Gasteiger partial charge < -0.3 is 9.64 Å². The molecule has 12 nitrogen and oxygen atoms in total. The molecular weight excluding hydrogens is 480 g/mol. The number of ketones is 1. The molecule has 0 aliphatic carbocycles. The molecule has 2 heterocycles. The first-order valence-corrected chi connectivity index (χ1v) is 11.2. The summed E-state index contributed by atoms with van der Waals surface area (Å²) in [5.41, 5.74) is 0.817. The first kappa shape index (κ1) is 24.0. The Labute approximate surface area is 202 Å². The average molecular weight is 498 g/mol. The number of benzene rings is 2. The van der Waals surface area contributed by atoms with Crippen LogP contribution in [0.25, 0.3) is 6.08 Å². The highest BCUT2D eigenvalue weighted by Crippen LogP contribution is 2.35. The predicted molar refractivity (Wildman–Crippen MR) is 126 cm³/mol. The molecule has 0 radical (unpaired) electrons. The average Bonchev–Trinajstić information content (AvgIpc) is 3.11. The Bertz CT molecular complexity index is 1250. The lowest BCUT2D eigenvalue weighted by atomic mass is 10.1. The van der Waals surface area contributed by atoms with E-state index < -0.39 is 33.3 Å². The molecule has 2 saturated heterocycles. The summed E-state index contributed by atoms with van der Waals surface area (Å²) >= 11 is 0.634. The second kappa shape index (κ2) is 10.0. The van der Waals surface area contributed by atoms with E-state index in [9.17, 15) is 34.6 Å². The predicted octanol–water partition coefficient (Wildman–Crippen LogP) is 3.26. The number of carbonyl (C=O) groups is 3. The van der Waals surface area contributed by atoms with Crippen molar-refractivity contribution in [2.75, 3.05) is 37.7 Å². The van der Waals surface area contributed by atoms with Gasteiger partial charge in [0.1, 0.15) is 0 Å². The number of nitro groups is 2. The summed E-state index contributed by atoms with van der Waals surface area (Å²) in [4.78, 5) is 61.8. The van der Waals surface area contributed by atoms with E-state index in [1.807, 2.05) is 4.90 Å². The molecule has 2 aromatic rings. The topological polar surface area (TPSA) is 153 Å². The molecule has 35 heavy (non-hydrogen) atoms. The fraction of sp³-hybridized carbons (Fsp3) is 0.227. The summed E-state index contributed by atoms with van der Waals surface area (Å²) < 4.78 is 5.35. The number of amides is 2. The summed E-state index contributed by atoms with van der Waals surface area (Å²) in [5, 5.41) is 21.4. The first-order chi connectivity index (χ1) is 16.7. The van der Waals surface area contributed by atoms with E-state index in [0.717, 1.165) is 17.0 Å². The van der Waals surface area contributed by atoms with Crippen LogP contribution in [0.15, 0.2) is 47.4 Å². The fourth-order valence-electron chi connectivity index (χ4n) is 3.64. The highest BCUT2D eigenvalue weighted by Gasteiger charge is 2.37. The summed E-state index contributed by atoms with van der Waals surface area (Å²) in [6.07, 6.45) is 1.42. The van der Waals surface area contributed by atoms with Crippen molar-refractivity contribution in [3.63, 3.8) is 0 Å². The molecule has 2 aliphatic rings. The molecule has 180 valence electrons. The van der Waals surface area contributed by atoms with E-state index >= 15 is 0 Å². The van der Waals surface area contributed by atoms with Gasteiger partial charge in [-0.15, -0.1) is 0 Å². The molecule has 0 N–H and O–H groups in total. The van der Waals surface area contributed by atoms with Crippen LogP contribution >= 0.6 is 11.8 Å². The van der Waals surface area contributed by atoms with Gasteiger partial charge in [-0.05, 0) is 36.0 Å². The molecule has 2 aliphatic heterocycles. The molecule has 0 saturated carbocycles. The lowest BCUT2D eigenvalue weighted by Gasteiger charge is -2.30. The van der Waals surface area contributed by atoms with Gasteiger partial charge in [0.25, 0.3) is 22.5 Å². The molecular formula is C22H18N4O8S. The number of hydrogen-bond donors (Lipinski definition) is 0. The highest BCUT2D eigenvalue weighted by atomic mass is 32.2. The molecule has 0 unspecified atom stereocenters. The summed E-state index contributed by atoms with van der Waals surface area (Å²) in [7, 11) is 0. The highest BCUT2D eigenvalue weighted by molar-refractivity contribution is 8.18. The quantitative estimate of drug-likeness (QED) is 0.240. The van der Waals surface area contributed by atoms with Crippen LogP contribution in [-0.4, -0.2) is 64.5 Å². The normalized spacial score (nSPS) is 17.2. The Balaban J connectivity index is 1.58. The SMILES string of the molecule is O=C(CN1C(=O)S/C(=C\c2cc([N+](=O)[O-])ccc2N2CCOCC2)C1=O)c1ccc([N+](=O)[O-])cc1. The number of rotatable bonds is 7. The molecule has 0 aromatic heterocycles. The van der Waals surface area contributed by atoms with E-state index in [0.29, 0.717) is 49.3 Å². The van der Waals surface area contributed by atoms with Gasteiger partial charge in [0.05, 0.1) is 34.5 Å². The van der Waals surface area contributed by atoms with Crippen LogP contribution in [0.5, 0.6) is 0 Å². The Kier molecular flexibility index (Phi) is 6.89. The lowest BCUT2D eigenvalue weighted by Crippen LogP contribution is -2.36. The van der Waals surface area contributed by atoms with Crippen molar-refractivity contribution in [2.45, 2.75) is 0 Å². The maximum absolute atomic E-state index is 12.9. The van der Waals surface area contributed by atoms with Crippen LogP contribution in [0.2, 0.25) is 0 Å². The monoisotopic (exact) mass is 498 g/mol. The molecule has 13 heteroatoms. The molecule has 4 rings (SSSR count). The van der Waals surface area contributed by atoms with Crippen molar-refractivity contribution in [1.29, 1.82) is 0 Å². The minimum absolute atomic E-state index is 0.0292. The van der Waals surface area contributed by atoms with Crippen molar-refractivity contribution in [1.82, 2.24) is 4.90 Å². The first-order valence-electron chi connectivity index (χ1n) is 10.4. The van der Waals surface area contributed by atoms with E-state index in [-0.39, 0.29) is 21.8 Å². The number of nitrogens with zero attached hydrogens (tertiary/aromatic N) is 4. The fourth-order valence-corrected chi connectivity index (χ4v) is 4.47. The van der Waals surface area contributed by atoms with E-state index in [1.54, 1.807) is 6.07 Å². The smallest absolute Gasteiger partial charge is 0.293 e. The summed E-state index contributed by atoms with van der Waals surface area (Å²) in [6.45, 7) is 1.55. The minimum atomic E-state index is -0.699. The second-order valence-electron chi connectivity index (χ2n) is 7.59. The van der Waals surface area contributed by atoms with Crippen molar-refractivity contribution in [3.8, 4) is 0 Å². The van der Waals surface area contributed by atoms with Crippen LogP contribution in [0.1, 0.15) is 15.9 Å². The number of Topliss-reactive ketones (excluding diaryl/α,β-unsaturated/α-hetero) is 1. The lowest BCUT2D eigenvalue weighted by molar-refractivity contribution is -0.385. The Morgan fingerprint density at radius 1 is 1.00 bits per heavy atom. The van der Waals surface area contributed by atoms with Crippen LogP contribution in [0.4, 0.5) is 21.9 Å². The third-order valence-corrected chi connectivity index (χ3v) is 6.34. The van der Waals surface area contributed by atoms with E-state index in [4.69, 9.17) is 4.74 Å². The van der Waals surface area contributed by atoms with Crippen molar-refractivity contribution in [3.05, 3.63) is 78.7 Å². The summed E-state index contributed by atoms with van der Waals surface area (Å²) in [5.74, 6) is -1.26. The number of thioether (sulfide) groups is 1. The zero-order valence-corrected chi connectivity index (χ0v) is 18.9. The van der Waals surface area contributed by atoms with E-state index in [2.05, 4.69) is 0 Å². The number of carbonyl (C=O) groups excluding carboxylic acids is 3. The molecule has 0 bridgehead atoms. The molecule has 2 amide bonds. The maximum atomic E-state index is 12.9. The maximum Gasteiger partial charge on any atom is 0.293 e. The molecule has 2 fully saturated rings. The van der Waals surface area contributed by atoms with E-state index in [1.165, 1.54) is 30.3 Å². The van der Waals surface area contributed by atoms with Crippen LogP contribution in [0, 0.1) is 20.2 Å². The van der Waals surface area contributed by atoms with Gasteiger partial charge in [-0.25, -0.2) is 0 Å². The zero-order valence-electron chi connectivity index (χ0n) is 18.1. The number of ether oxygens (including phenoxy) is 1. The van der Waals surface area contributed by atoms with Gasteiger partial charge in [-0.2, -0.15) is 0 Å². The number of hydrogen-bond acceptors (Lipinski definition) is 10. The Morgan fingerprint density at radius 3 is 2.26 bits per heavy atom. The third-order valence-electron chi connectivity index (χ3n) is 5.44. The third kappa shape index (κ3) is 5.20. The van der Waals surface area contributed by atoms with Gasteiger partial charge in [0.15, 0.2) is 5.78 Å². The van der Waals surface area contributed by atoms with Crippen molar-refractivity contribution in [2.24, 2.45) is 0 Å². The van der Waals surface area contributed by atoms with Crippen molar-refractivity contribution >= 4 is 51.8 Å². The largest absolute Gasteiger partial charge is 0.378 e. The molecule has 2 aromatic carbocycles. The van der Waals surface area contributed by atoms with Gasteiger partial charge in [-0.3, -0.25) is 39.5 Å². The van der Waals surface area contributed by atoms with Crippen LogP contribution in [-0.2, 0) is 9.53 Å². The van der Waals surface area contributed by atoms with Crippen LogP contribution in [0.3, 0.4) is 0 Å².